The summed E-state index contributed by atoms with van der Waals surface area (Å²) in [5.74, 6) is 1.09. The number of nitrogens with two attached hydrogens (primary N) is 1. The third-order valence-electron chi connectivity index (χ3n) is 3.41. The van der Waals surface area contributed by atoms with E-state index in [1.165, 1.54) is 5.56 Å². The van der Waals surface area contributed by atoms with Crippen molar-refractivity contribution in [1.29, 1.82) is 0 Å². The van der Waals surface area contributed by atoms with Gasteiger partial charge >= 0.3 is 0 Å². The first-order valence-electron chi connectivity index (χ1n) is 6.26. The average Bonchev–Trinajstić information content (AvgIpc) is 2.79. The van der Waals surface area contributed by atoms with Gasteiger partial charge in [-0.15, -0.1) is 0 Å². The van der Waals surface area contributed by atoms with Crippen LogP contribution in [0.1, 0.15) is 38.2 Å². The predicted octanol–water partition coefficient (Wildman–Crippen LogP) is 4.22. The molecule has 96 valence electrons. The van der Waals surface area contributed by atoms with Crippen LogP contribution in [0.2, 0.25) is 5.02 Å². The number of benzene rings is 1. The summed E-state index contributed by atoms with van der Waals surface area (Å²) in [6, 6.07) is 6.12. The minimum absolute atomic E-state index is 0.522. The van der Waals surface area contributed by atoms with Gasteiger partial charge in [-0.2, -0.15) is 5.10 Å². The SMILES string of the molecule is CCC(CC)c1ccc(-c2cn[nH]c2N)cc1Cl. The fourth-order valence-corrected chi connectivity index (χ4v) is 2.62. The van der Waals surface area contributed by atoms with Crippen LogP contribution in [0.4, 0.5) is 5.82 Å². The first-order valence-corrected chi connectivity index (χ1v) is 6.63. The van der Waals surface area contributed by atoms with Crippen molar-refractivity contribution < 1.29 is 0 Å². The zero-order valence-corrected chi connectivity index (χ0v) is 11.5. The van der Waals surface area contributed by atoms with Crippen molar-refractivity contribution in [2.75, 3.05) is 5.73 Å². The Kier molecular flexibility index (Phi) is 3.92. The standard InChI is InChI=1S/C14H18ClN3/c1-3-9(4-2)11-6-5-10(7-13(11)15)12-8-17-18-14(12)16/h5-9H,3-4H2,1-2H3,(H3,16,17,18). The topological polar surface area (TPSA) is 54.7 Å². The van der Waals surface area contributed by atoms with Gasteiger partial charge in [0.2, 0.25) is 0 Å². The number of H-pyrrole nitrogens is 1. The number of hydrogen-bond donors (Lipinski definition) is 2. The fraction of sp³-hybridized carbons (Fsp3) is 0.357. The van der Waals surface area contributed by atoms with Crippen LogP contribution in [-0.2, 0) is 0 Å². The van der Waals surface area contributed by atoms with E-state index >= 15 is 0 Å². The largest absolute Gasteiger partial charge is 0.384 e. The van der Waals surface area contributed by atoms with Gasteiger partial charge in [-0.1, -0.05) is 37.6 Å². The molecular weight excluding hydrogens is 246 g/mol. The summed E-state index contributed by atoms with van der Waals surface area (Å²) in [6.45, 7) is 4.37. The molecule has 0 radical (unpaired) electrons. The van der Waals surface area contributed by atoms with E-state index in [1.54, 1.807) is 6.20 Å². The van der Waals surface area contributed by atoms with Crippen LogP contribution in [0.3, 0.4) is 0 Å². The number of aromatic nitrogens is 2. The van der Waals surface area contributed by atoms with E-state index in [4.69, 9.17) is 17.3 Å². The zero-order chi connectivity index (χ0) is 13.1. The Morgan fingerprint density at radius 3 is 2.56 bits per heavy atom. The van der Waals surface area contributed by atoms with Gasteiger partial charge in [0.25, 0.3) is 0 Å². The summed E-state index contributed by atoms with van der Waals surface area (Å²) in [7, 11) is 0. The van der Waals surface area contributed by atoms with Crippen molar-refractivity contribution >= 4 is 17.4 Å². The van der Waals surface area contributed by atoms with E-state index in [0.29, 0.717) is 11.7 Å². The number of hydrogen-bond acceptors (Lipinski definition) is 2. The van der Waals surface area contributed by atoms with Crippen molar-refractivity contribution in [1.82, 2.24) is 10.2 Å². The van der Waals surface area contributed by atoms with E-state index in [0.717, 1.165) is 29.0 Å². The molecule has 0 saturated carbocycles. The van der Waals surface area contributed by atoms with Crippen LogP contribution in [0.15, 0.2) is 24.4 Å². The highest BCUT2D eigenvalue weighted by Gasteiger charge is 2.13. The van der Waals surface area contributed by atoms with E-state index < -0.39 is 0 Å². The van der Waals surface area contributed by atoms with Crippen LogP contribution < -0.4 is 5.73 Å². The van der Waals surface area contributed by atoms with Crippen LogP contribution in [0.5, 0.6) is 0 Å². The molecule has 0 fully saturated rings. The molecular formula is C14H18ClN3. The second kappa shape index (κ2) is 5.44. The van der Waals surface area contributed by atoms with Gasteiger partial charge in [-0.05, 0) is 36.0 Å². The number of nitrogens with zero attached hydrogens (tertiary/aromatic N) is 1. The van der Waals surface area contributed by atoms with Crippen LogP contribution >= 0.6 is 11.6 Å². The van der Waals surface area contributed by atoms with E-state index in [-0.39, 0.29) is 0 Å². The molecule has 0 atom stereocenters. The Hall–Kier alpha value is -1.48. The fourth-order valence-electron chi connectivity index (χ4n) is 2.28. The van der Waals surface area contributed by atoms with Gasteiger partial charge in [0, 0.05) is 10.6 Å². The minimum Gasteiger partial charge on any atom is -0.384 e. The number of nitrogens with one attached hydrogen (secondary N) is 1. The summed E-state index contributed by atoms with van der Waals surface area (Å²) in [4.78, 5) is 0. The molecule has 2 aromatic rings. The number of nitrogen functional groups attached to an aromatic ring is 1. The lowest BCUT2D eigenvalue weighted by Gasteiger charge is -2.15. The number of rotatable bonds is 4. The summed E-state index contributed by atoms with van der Waals surface area (Å²) >= 11 is 6.38. The molecule has 1 aromatic heterocycles. The Morgan fingerprint density at radius 1 is 1.33 bits per heavy atom. The third-order valence-corrected chi connectivity index (χ3v) is 3.73. The molecule has 3 nitrogen and oxygen atoms in total. The van der Waals surface area contributed by atoms with Crippen molar-refractivity contribution in [2.24, 2.45) is 0 Å². The number of halogens is 1. The van der Waals surface area contributed by atoms with Gasteiger partial charge in [-0.25, -0.2) is 0 Å². The number of aromatic amines is 1. The number of anilines is 1. The van der Waals surface area contributed by atoms with Gasteiger partial charge < -0.3 is 5.73 Å². The molecule has 1 heterocycles. The van der Waals surface area contributed by atoms with Gasteiger partial charge in [0.1, 0.15) is 5.82 Å². The first-order chi connectivity index (χ1) is 8.67. The summed E-state index contributed by atoms with van der Waals surface area (Å²) < 4.78 is 0. The lowest BCUT2D eigenvalue weighted by Crippen LogP contribution is -1.97. The normalized spacial score (nSPS) is 11.1. The first kappa shape index (κ1) is 13.0. The van der Waals surface area contributed by atoms with Gasteiger partial charge in [0.15, 0.2) is 0 Å². The molecule has 4 heteroatoms. The molecule has 3 N–H and O–H groups in total. The molecule has 0 spiro atoms. The molecule has 2 rings (SSSR count). The summed E-state index contributed by atoms with van der Waals surface area (Å²) in [5.41, 5.74) is 8.92. The van der Waals surface area contributed by atoms with E-state index in [2.05, 4.69) is 36.2 Å². The summed E-state index contributed by atoms with van der Waals surface area (Å²) in [5, 5.41) is 7.46. The van der Waals surface area contributed by atoms with Crippen LogP contribution in [-0.4, -0.2) is 10.2 Å². The average molecular weight is 264 g/mol. The highest BCUT2D eigenvalue weighted by atomic mass is 35.5. The lowest BCUT2D eigenvalue weighted by atomic mass is 9.92. The third kappa shape index (κ3) is 2.36. The highest BCUT2D eigenvalue weighted by Crippen LogP contribution is 2.34. The molecule has 0 aliphatic rings. The maximum atomic E-state index is 6.38. The highest BCUT2D eigenvalue weighted by molar-refractivity contribution is 6.31. The quantitative estimate of drug-likeness (QED) is 0.868. The van der Waals surface area contributed by atoms with Crippen molar-refractivity contribution in [2.45, 2.75) is 32.6 Å². The second-order valence-corrected chi connectivity index (χ2v) is 4.85. The molecule has 18 heavy (non-hydrogen) atoms. The Labute approximate surface area is 112 Å². The maximum Gasteiger partial charge on any atom is 0.126 e. The molecule has 0 unspecified atom stereocenters. The Balaban J connectivity index is 2.39. The second-order valence-electron chi connectivity index (χ2n) is 4.45. The van der Waals surface area contributed by atoms with E-state index in [1.807, 2.05) is 6.07 Å². The zero-order valence-electron chi connectivity index (χ0n) is 10.7. The monoisotopic (exact) mass is 263 g/mol. The van der Waals surface area contributed by atoms with Gasteiger partial charge in [-0.3, -0.25) is 5.10 Å². The molecule has 0 amide bonds. The van der Waals surface area contributed by atoms with Crippen molar-refractivity contribution in [3.8, 4) is 11.1 Å². The molecule has 0 saturated heterocycles. The minimum atomic E-state index is 0.522. The Bertz CT molecular complexity index is 530. The van der Waals surface area contributed by atoms with Crippen LogP contribution in [0, 0.1) is 0 Å². The smallest absolute Gasteiger partial charge is 0.126 e. The molecule has 0 bridgehead atoms. The molecule has 0 aliphatic carbocycles. The van der Waals surface area contributed by atoms with Crippen molar-refractivity contribution in [3.05, 3.63) is 35.0 Å². The summed E-state index contributed by atoms with van der Waals surface area (Å²) in [6.07, 6.45) is 3.92. The maximum absolute atomic E-state index is 6.38. The van der Waals surface area contributed by atoms with Crippen LogP contribution in [0.25, 0.3) is 11.1 Å². The molecule has 0 aliphatic heterocycles. The molecule has 1 aromatic carbocycles. The van der Waals surface area contributed by atoms with E-state index in [9.17, 15) is 0 Å². The predicted molar refractivity (Wildman–Crippen MR) is 76.8 cm³/mol. The van der Waals surface area contributed by atoms with Gasteiger partial charge in [0.05, 0.1) is 6.20 Å². The Morgan fingerprint density at radius 2 is 2.06 bits per heavy atom. The lowest BCUT2D eigenvalue weighted by molar-refractivity contribution is 0.642. The van der Waals surface area contributed by atoms with Crippen molar-refractivity contribution in [3.63, 3.8) is 0 Å².